The largest absolute Gasteiger partial charge is 0.481 e. The van der Waals surface area contributed by atoms with Crippen LogP contribution in [0.1, 0.15) is 62.8 Å². The van der Waals surface area contributed by atoms with E-state index in [1.54, 1.807) is 24.5 Å². The molecule has 0 radical (unpaired) electrons. The molecule has 0 spiro atoms. The molecular formula is C26H37N5O9S. The number of carboxylic acids is 3. The molecule has 2 rings (SSSR count). The molecule has 7 N–H and O–H groups in total. The molecule has 1 aromatic heterocycles. The average Bonchev–Trinajstić information content (AvgIpc) is 3.34. The Kier molecular flexibility index (Phi) is 12.9. The quantitative estimate of drug-likeness (QED) is 0.119. The summed E-state index contributed by atoms with van der Waals surface area (Å²) in [7, 11) is -3.74. The molecule has 0 aliphatic rings. The number of sulfonamides is 1. The predicted molar refractivity (Wildman–Crippen MR) is 146 cm³/mol. The van der Waals surface area contributed by atoms with E-state index < -0.39 is 39.4 Å². The topological polar surface area (TPSA) is 231 Å². The van der Waals surface area contributed by atoms with Crippen molar-refractivity contribution in [3.05, 3.63) is 48.0 Å². The SMILES string of the molecule is NS(=O)(=O)c1ccc(CCNCc2nccn2CCCC(=O)NC(CCC(=O)O)(CCC(=O)O)CCC(=O)O)cc1. The first-order valence-corrected chi connectivity index (χ1v) is 14.6. The van der Waals surface area contributed by atoms with Gasteiger partial charge in [0, 0.05) is 50.2 Å². The van der Waals surface area contributed by atoms with Crippen molar-refractivity contribution in [3.8, 4) is 0 Å². The highest BCUT2D eigenvalue weighted by Gasteiger charge is 2.33. The number of hydrogen-bond donors (Lipinski definition) is 6. The van der Waals surface area contributed by atoms with E-state index in [0.29, 0.717) is 32.5 Å². The van der Waals surface area contributed by atoms with E-state index >= 15 is 0 Å². The van der Waals surface area contributed by atoms with Gasteiger partial charge in [-0.15, -0.1) is 0 Å². The van der Waals surface area contributed by atoms with Gasteiger partial charge in [-0.3, -0.25) is 19.2 Å². The van der Waals surface area contributed by atoms with Crippen LogP contribution in [0.15, 0.2) is 41.6 Å². The van der Waals surface area contributed by atoms with Gasteiger partial charge >= 0.3 is 17.9 Å². The van der Waals surface area contributed by atoms with Crippen molar-refractivity contribution < 1.29 is 42.9 Å². The number of amides is 1. The highest BCUT2D eigenvalue weighted by Crippen LogP contribution is 2.26. The molecule has 0 fully saturated rings. The molecule has 0 unspecified atom stereocenters. The van der Waals surface area contributed by atoms with Gasteiger partial charge in [0.05, 0.1) is 11.4 Å². The maximum absolute atomic E-state index is 12.8. The van der Waals surface area contributed by atoms with Crippen LogP contribution >= 0.6 is 0 Å². The lowest BCUT2D eigenvalue weighted by Gasteiger charge is -2.34. The van der Waals surface area contributed by atoms with Gasteiger partial charge in [0.25, 0.3) is 0 Å². The summed E-state index contributed by atoms with van der Waals surface area (Å²) in [5.41, 5.74) is -0.319. The van der Waals surface area contributed by atoms with Gasteiger partial charge in [-0.05, 0) is 56.3 Å². The Hall–Kier alpha value is -3.82. The molecular weight excluding hydrogens is 558 g/mol. The van der Waals surface area contributed by atoms with Gasteiger partial charge < -0.3 is 30.5 Å². The van der Waals surface area contributed by atoms with Crippen molar-refractivity contribution in [3.63, 3.8) is 0 Å². The number of carbonyl (C=O) groups excluding carboxylic acids is 1. The second-order valence-electron chi connectivity index (χ2n) is 9.77. The first-order valence-electron chi connectivity index (χ1n) is 13.1. The Labute approximate surface area is 238 Å². The lowest BCUT2D eigenvalue weighted by molar-refractivity contribution is -0.139. The Morgan fingerprint density at radius 1 is 0.902 bits per heavy atom. The van der Waals surface area contributed by atoms with E-state index in [1.165, 1.54) is 12.1 Å². The molecule has 226 valence electrons. The number of primary sulfonamides is 1. The number of benzene rings is 1. The minimum atomic E-state index is -3.74. The first-order chi connectivity index (χ1) is 19.3. The second-order valence-corrected chi connectivity index (χ2v) is 11.3. The van der Waals surface area contributed by atoms with Gasteiger partial charge in [-0.2, -0.15) is 0 Å². The number of hydrogen-bond acceptors (Lipinski definition) is 8. The van der Waals surface area contributed by atoms with Crippen LogP contribution < -0.4 is 15.8 Å². The Morgan fingerprint density at radius 3 is 1.98 bits per heavy atom. The molecule has 0 saturated carbocycles. The first kappa shape index (κ1) is 33.4. The molecule has 0 bridgehead atoms. The van der Waals surface area contributed by atoms with Gasteiger partial charge in [-0.1, -0.05) is 12.1 Å². The van der Waals surface area contributed by atoms with Gasteiger partial charge in [0.15, 0.2) is 0 Å². The number of aliphatic carboxylic acids is 3. The third-order valence-electron chi connectivity index (χ3n) is 6.59. The zero-order valence-electron chi connectivity index (χ0n) is 22.6. The van der Waals surface area contributed by atoms with Crippen molar-refractivity contribution >= 4 is 33.8 Å². The van der Waals surface area contributed by atoms with Crippen LogP contribution in [-0.4, -0.2) is 69.2 Å². The van der Waals surface area contributed by atoms with Crippen molar-refractivity contribution in [1.29, 1.82) is 0 Å². The van der Waals surface area contributed by atoms with E-state index in [4.69, 9.17) is 20.5 Å². The molecule has 2 aromatic rings. The number of nitrogens with one attached hydrogen (secondary N) is 2. The molecule has 15 heteroatoms. The lowest BCUT2D eigenvalue weighted by atomic mass is 9.83. The third-order valence-corrected chi connectivity index (χ3v) is 7.52. The summed E-state index contributed by atoms with van der Waals surface area (Å²) in [5.74, 6) is -3.06. The fourth-order valence-corrected chi connectivity index (χ4v) is 4.87. The molecule has 1 heterocycles. The zero-order valence-corrected chi connectivity index (χ0v) is 23.4. The van der Waals surface area contributed by atoms with Crippen LogP contribution in [0.4, 0.5) is 0 Å². The Balaban J connectivity index is 1.88. The number of aryl methyl sites for hydroxylation is 1. The Bertz CT molecular complexity index is 1250. The van der Waals surface area contributed by atoms with Crippen LogP contribution in [0.25, 0.3) is 0 Å². The predicted octanol–water partition coefficient (Wildman–Crippen LogP) is 1.09. The monoisotopic (exact) mass is 595 g/mol. The summed E-state index contributed by atoms with van der Waals surface area (Å²) < 4.78 is 24.6. The summed E-state index contributed by atoms with van der Waals surface area (Å²) in [5, 5.41) is 38.5. The van der Waals surface area contributed by atoms with E-state index in [1.807, 2.05) is 4.57 Å². The number of carboxylic acid groups (broad SMARTS) is 3. The summed E-state index contributed by atoms with van der Waals surface area (Å²) in [6.07, 6.45) is 3.28. The highest BCUT2D eigenvalue weighted by molar-refractivity contribution is 7.89. The van der Waals surface area contributed by atoms with Crippen LogP contribution in [0.2, 0.25) is 0 Å². The van der Waals surface area contributed by atoms with Crippen molar-refractivity contribution in [2.45, 2.75) is 81.3 Å². The van der Waals surface area contributed by atoms with E-state index in [2.05, 4.69) is 15.6 Å². The summed E-state index contributed by atoms with van der Waals surface area (Å²) in [4.78, 5) is 50.7. The third kappa shape index (κ3) is 12.5. The molecule has 14 nitrogen and oxygen atoms in total. The molecule has 0 saturated heterocycles. The number of carbonyl (C=O) groups is 4. The average molecular weight is 596 g/mol. The normalized spacial score (nSPS) is 11.7. The summed E-state index contributed by atoms with van der Waals surface area (Å²) in [6.45, 7) is 1.53. The summed E-state index contributed by atoms with van der Waals surface area (Å²) >= 11 is 0. The van der Waals surface area contributed by atoms with Crippen molar-refractivity contribution in [2.75, 3.05) is 6.54 Å². The Morgan fingerprint density at radius 2 is 1.46 bits per heavy atom. The lowest BCUT2D eigenvalue weighted by Crippen LogP contribution is -2.49. The van der Waals surface area contributed by atoms with Crippen molar-refractivity contribution in [1.82, 2.24) is 20.2 Å². The fraction of sp³-hybridized carbons (Fsp3) is 0.500. The van der Waals surface area contributed by atoms with Crippen LogP contribution in [0.3, 0.4) is 0 Å². The number of imidazole rings is 1. The smallest absolute Gasteiger partial charge is 0.303 e. The second kappa shape index (κ2) is 15.8. The fourth-order valence-electron chi connectivity index (χ4n) is 4.36. The zero-order chi connectivity index (χ0) is 30.5. The van der Waals surface area contributed by atoms with E-state index in [9.17, 15) is 27.6 Å². The molecule has 41 heavy (non-hydrogen) atoms. The number of nitrogens with zero attached hydrogens (tertiary/aromatic N) is 2. The number of nitrogens with two attached hydrogens (primary N) is 1. The minimum Gasteiger partial charge on any atom is -0.481 e. The number of aromatic nitrogens is 2. The molecule has 0 atom stereocenters. The van der Waals surface area contributed by atoms with E-state index in [-0.39, 0.29) is 49.8 Å². The van der Waals surface area contributed by atoms with Crippen LogP contribution in [0.5, 0.6) is 0 Å². The minimum absolute atomic E-state index is 0.0522. The van der Waals surface area contributed by atoms with Gasteiger partial charge in [-0.25, -0.2) is 18.5 Å². The number of rotatable bonds is 20. The van der Waals surface area contributed by atoms with Gasteiger partial charge in [0.2, 0.25) is 15.9 Å². The summed E-state index contributed by atoms with van der Waals surface area (Å²) in [6, 6.07) is 6.32. The molecule has 0 aliphatic heterocycles. The molecule has 1 aromatic carbocycles. The van der Waals surface area contributed by atoms with E-state index in [0.717, 1.165) is 11.4 Å². The molecule has 0 aliphatic carbocycles. The maximum Gasteiger partial charge on any atom is 0.303 e. The molecule has 1 amide bonds. The standard InChI is InChI=1S/C26H37N5O9S/c27-41(39,40)20-5-3-19(4-6-20)10-14-28-18-21-29-15-17-31(21)16-1-2-22(32)30-26(11-7-23(33)34,12-8-24(35)36)13-9-25(37)38/h3-6,15,17,28H,1-2,7-14,16,18H2,(H,30,32)(H,33,34)(H,35,36)(H,37,38)(H2,27,39,40). The van der Waals surface area contributed by atoms with Gasteiger partial charge in [0.1, 0.15) is 5.82 Å². The highest BCUT2D eigenvalue weighted by atomic mass is 32.2. The maximum atomic E-state index is 12.8. The van der Waals surface area contributed by atoms with Crippen LogP contribution in [0, 0.1) is 0 Å². The van der Waals surface area contributed by atoms with Crippen molar-refractivity contribution in [2.24, 2.45) is 5.14 Å². The van der Waals surface area contributed by atoms with Crippen LogP contribution in [-0.2, 0) is 48.7 Å².